The average Bonchev–Trinajstić information content (AvgIpc) is 2.25. The van der Waals surface area contributed by atoms with Crippen molar-refractivity contribution in [2.45, 2.75) is 18.6 Å². The van der Waals surface area contributed by atoms with Gasteiger partial charge in [-0.1, -0.05) is 30.3 Å². The number of nitrogens with two attached hydrogens (primary N) is 2. The molecule has 1 aromatic rings. The minimum absolute atomic E-state index is 0.177. The minimum atomic E-state index is -4.28. The number of alkyl halides is 3. The van der Waals surface area contributed by atoms with E-state index in [1.165, 1.54) is 0 Å². The van der Waals surface area contributed by atoms with Gasteiger partial charge in [-0.3, -0.25) is 0 Å². The Morgan fingerprint density at radius 3 is 2.12 bits per heavy atom. The summed E-state index contributed by atoms with van der Waals surface area (Å²) < 4.78 is 37.4. The summed E-state index contributed by atoms with van der Waals surface area (Å²) in [6, 6.07) is 8.10. The van der Waals surface area contributed by atoms with Crippen molar-refractivity contribution in [1.82, 2.24) is 0 Å². The third kappa shape index (κ3) is 3.50. The van der Waals surface area contributed by atoms with E-state index in [2.05, 4.69) is 0 Å². The van der Waals surface area contributed by atoms with Crippen LogP contribution < -0.4 is 11.5 Å². The van der Waals surface area contributed by atoms with Crippen LogP contribution in [0.4, 0.5) is 13.2 Å². The van der Waals surface area contributed by atoms with E-state index < -0.39 is 24.7 Å². The Balaban J connectivity index is 2.67. The first-order chi connectivity index (χ1) is 7.45. The van der Waals surface area contributed by atoms with Crippen molar-refractivity contribution >= 4 is 0 Å². The molecule has 2 nitrogen and oxygen atoms in total. The van der Waals surface area contributed by atoms with E-state index in [9.17, 15) is 13.2 Å². The summed E-state index contributed by atoms with van der Waals surface area (Å²) in [7, 11) is 0. The molecule has 0 aliphatic carbocycles. The molecule has 0 fully saturated rings. The lowest BCUT2D eigenvalue weighted by atomic mass is 9.95. The zero-order valence-electron chi connectivity index (χ0n) is 8.74. The maximum absolute atomic E-state index is 12.5. The molecule has 5 heteroatoms. The molecule has 0 aliphatic heterocycles. The molecule has 4 N–H and O–H groups in total. The lowest BCUT2D eigenvalue weighted by Gasteiger charge is -2.22. The van der Waals surface area contributed by atoms with Crippen molar-refractivity contribution in [1.29, 1.82) is 0 Å². The molecule has 2 atom stereocenters. The fourth-order valence-corrected chi connectivity index (χ4v) is 1.51. The van der Waals surface area contributed by atoms with Crippen LogP contribution in [0.5, 0.6) is 0 Å². The van der Waals surface area contributed by atoms with Crippen LogP contribution in [0.15, 0.2) is 30.3 Å². The first-order valence-corrected chi connectivity index (χ1v) is 5.02. The van der Waals surface area contributed by atoms with Gasteiger partial charge in [0, 0.05) is 12.6 Å². The first-order valence-electron chi connectivity index (χ1n) is 5.02. The van der Waals surface area contributed by atoms with Crippen LogP contribution in [0.2, 0.25) is 0 Å². The summed E-state index contributed by atoms with van der Waals surface area (Å²) in [5.41, 5.74) is 11.5. The van der Waals surface area contributed by atoms with Gasteiger partial charge in [-0.05, 0) is 12.0 Å². The van der Waals surface area contributed by atoms with Crippen molar-refractivity contribution in [3.8, 4) is 0 Å². The number of rotatable bonds is 4. The van der Waals surface area contributed by atoms with E-state index in [1.54, 1.807) is 30.3 Å². The fourth-order valence-electron chi connectivity index (χ4n) is 1.51. The highest BCUT2D eigenvalue weighted by Gasteiger charge is 2.39. The van der Waals surface area contributed by atoms with Gasteiger partial charge in [0.05, 0.1) is 5.92 Å². The number of hydrogen-bond acceptors (Lipinski definition) is 2. The highest BCUT2D eigenvalue weighted by molar-refractivity contribution is 5.18. The molecular formula is C11H15F3N2. The van der Waals surface area contributed by atoms with E-state index in [1.807, 2.05) is 0 Å². The van der Waals surface area contributed by atoms with Gasteiger partial charge in [0.15, 0.2) is 0 Å². The molecule has 0 spiro atoms. The molecule has 0 bridgehead atoms. The monoisotopic (exact) mass is 232 g/mol. The van der Waals surface area contributed by atoms with E-state index in [0.717, 1.165) is 0 Å². The minimum Gasteiger partial charge on any atom is -0.330 e. The lowest BCUT2D eigenvalue weighted by molar-refractivity contribution is -0.174. The normalized spacial score (nSPS) is 15.8. The Kier molecular flexibility index (Phi) is 4.32. The van der Waals surface area contributed by atoms with E-state index in [-0.39, 0.29) is 6.42 Å². The molecule has 0 amide bonds. The van der Waals surface area contributed by atoms with Crippen LogP contribution in [-0.2, 0) is 0 Å². The molecule has 1 aromatic carbocycles. The molecule has 0 heterocycles. The van der Waals surface area contributed by atoms with Crippen molar-refractivity contribution < 1.29 is 13.2 Å². The maximum atomic E-state index is 12.5. The third-order valence-electron chi connectivity index (χ3n) is 2.51. The summed E-state index contributed by atoms with van der Waals surface area (Å²) in [6.45, 7) is -0.427. The SMILES string of the molecule is NC[C@@H](C[C@H](N)c1ccccc1)C(F)(F)F. The zero-order valence-corrected chi connectivity index (χ0v) is 8.74. The van der Waals surface area contributed by atoms with E-state index in [0.29, 0.717) is 5.56 Å². The van der Waals surface area contributed by atoms with Gasteiger partial charge in [0.2, 0.25) is 0 Å². The van der Waals surface area contributed by atoms with Gasteiger partial charge in [-0.2, -0.15) is 13.2 Å². The second-order valence-electron chi connectivity index (χ2n) is 3.73. The molecule has 0 aromatic heterocycles. The molecule has 0 aliphatic rings. The molecule has 0 saturated carbocycles. The highest BCUT2D eigenvalue weighted by atomic mass is 19.4. The molecule has 0 unspecified atom stereocenters. The van der Waals surface area contributed by atoms with Gasteiger partial charge in [0.25, 0.3) is 0 Å². The summed E-state index contributed by atoms with van der Waals surface area (Å²) in [5, 5.41) is 0. The molecule has 16 heavy (non-hydrogen) atoms. The first kappa shape index (κ1) is 13.0. The van der Waals surface area contributed by atoms with Crippen molar-refractivity contribution in [3.63, 3.8) is 0 Å². The largest absolute Gasteiger partial charge is 0.393 e. The van der Waals surface area contributed by atoms with Gasteiger partial charge >= 0.3 is 6.18 Å². The Labute approximate surface area is 92.4 Å². The fraction of sp³-hybridized carbons (Fsp3) is 0.455. The molecule has 1 rings (SSSR count). The van der Waals surface area contributed by atoms with Crippen molar-refractivity contribution in [3.05, 3.63) is 35.9 Å². The van der Waals surface area contributed by atoms with Crippen molar-refractivity contribution in [2.24, 2.45) is 17.4 Å². The van der Waals surface area contributed by atoms with Crippen LogP contribution in [0, 0.1) is 5.92 Å². The summed E-state index contributed by atoms with van der Waals surface area (Å²) in [6.07, 6.45) is -4.45. The zero-order chi connectivity index (χ0) is 12.2. The Bertz CT molecular complexity index is 311. The third-order valence-corrected chi connectivity index (χ3v) is 2.51. The number of hydrogen-bond donors (Lipinski definition) is 2. The Hall–Kier alpha value is -1.07. The van der Waals surface area contributed by atoms with Crippen LogP contribution in [0.25, 0.3) is 0 Å². The standard InChI is InChI=1S/C11H15F3N2/c12-11(13,14)9(7-15)6-10(16)8-4-2-1-3-5-8/h1-5,9-10H,6-7,15-16H2/t9-,10+/m1/s1. The second kappa shape index (κ2) is 5.32. The maximum Gasteiger partial charge on any atom is 0.393 e. The quantitative estimate of drug-likeness (QED) is 0.836. The number of benzene rings is 1. The molecule has 0 radical (unpaired) electrons. The van der Waals surface area contributed by atoms with E-state index in [4.69, 9.17) is 11.5 Å². The van der Waals surface area contributed by atoms with Crippen molar-refractivity contribution in [2.75, 3.05) is 6.54 Å². The average molecular weight is 232 g/mol. The Morgan fingerprint density at radius 2 is 1.69 bits per heavy atom. The van der Waals surface area contributed by atoms with Gasteiger partial charge in [-0.15, -0.1) is 0 Å². The van der Waals surface area contributed by atoms with E-state index >= 15 is 0 Å². The molecule has 90 valence electrons. The highest BCUT2D eigenvalue weighted by Crippen LogP contribution is 2.31. The van der Waals surface area contributed by atoms with Gasteiger partial charge in [0.1, 0.15) is 0 Å². The summed E-state index contributed by atoms with van der Waals surface area (Å²) in [4.78, 5) is 0. The second-order valence-corrected chi connectivity index (χ2v) is 3.73. The summed E-state index contributed by atoms with van der Waals surface area (Å²) >= 11 is 0. The lowest BCUT2D eigenvalue weighted by Crippen LogP contribution is -2.33. The predicted octanol–water partition coefficient (Wildman–Crippen LogP) is 2.21. The molecule has 0 saturated heterocycles. The van der Waals surface area contributed by atoms with Crippen LogP contribution in [0.1, 0.15) is 18.0 Å². The molecular weight excluding hydrogens is 217 g/mol. The number of halogens is 3. The Morgan fingerprint density at radius 1 is 1.12 bits per heavy atom. The predicted molar refractivity (Wildman–Crippen MR) is 56.6 cm³/mol. The van der Waals surface area contributed by atoms with Crippen LogP contribution >= 0.6 is 0 Å². The summed E-state index contributed by atoms with van der Waals surface area (Å²) in [5.74, 6) is -1.54. The topological polar surface area (TPSA) is 52.0 Å². The van der Waals surface area contributed by atoms with Gasteiger partial charge < -0.3 is 11.5 Å². The van der Waals surface area contributed by atoms with Crippen LogP contribution in [0.3, 0.4) is 0 Å². The van der Waals surface area contributed by atoms with Gasteiger partial charge in [-0.25, -0.2) is 0 Å². The van der Waals surface area contributed by atoms with Crippen LogP contribution in [-0.4, -0.2) is 12.7 Å². The smallest absolute Gasteiger partial charge is 0.330 e.